The van der Waals surface area contributed by atoms with E-state index in [1.165, 1.54) is 30.3 Å². The van der Waals surface area contributed by atoms with Crippen molar-refractivity contribution in [1.82, 2.24) is 4.90 Å². The van der Waals surface area contributed by atoms with Crippen molar-refractivity contribution in [2.24, 2.45) is 0 Å². The zero-order valence-electron chi connectivity index (χ0n) is 23.4. The number of rotatable bonds is 13. The highest BCUT2D eigenvalue weighted by Crippen LogP contribution is 2.37. The van der Waals surface area contributed by atoms with E-state index < -0.39 is 44.4 Å². The largest absolute Gasteiger partial charge is 0.493 e. The van der Waals surface area contributed by atoms with E-state index in [0.29, 0.717) is 19.5 Å². The van der Waals surface area contributed by atoms with Crippen LogP contribution < -0.4 is 4.74 Å². The molecule has 0 fully saturated rings. The quantitative estimate of drug-likeness (QED) is 0.165. The number of halogens is 6. The molecule has 0 amide bonds. The van der Waals surface area contributed by atoms with Gasteiger partial charge in [-0.2, -0.15) is 13.2 Å². The first kappa shape index (κ1) is 33.8. The predicted molar refractivity (Wildman–Crippen MR) is 152 cm³/mol. The molecule has 3 rings (SSSR count). The van der Waals surface area contributed by atoms with Gasteiger partial charge in [-0.15, -0.1) is 0 Å². The highest BCUT2D eigenvalue weighted by atomic mass is 35.5. The van der Waals surface area contributed by atoms with Crippen LogP contribution in [0.1, 0.15) is 42.5 Å². The summed E-state index contributed by atoms with van der Waals surface area (Å²) in [5, 5.41) is 8.80. The fraction of sp³-hybridized carbons (Fsp3) is 0.400. The summed E-state index contributed by atoms with van der Waals surface area (Å²) in [5.41, 5.74) is -0.483. The summed E-state index contributed by atoms with van der Waals surface area (Å²) in [4.78, 5) is 1.63. The molecule has 0 spiro atoms. The van der Waals surface area contributed by atoms with Gasteiger partial charge in [0, 0.05) is 49.5 Å². The minimum atomic E-state index is -4.62. The van der Waals surface area contributed by atoms with Crippen LogP contribution in [-0.4, -0.2) is 51.0 Å². The van der Waals surface area contributed by atoms with Gasteiger partial charge in [0.1, 0.15) is 17.4 Å². The van der Waals surface area contributed by atoms with Gasteiger partial charge in [-0.1, -0.05) is 49.7 Å². The molecular weight excluding hydrogens is 601 g/mol. The van der Waals surface area contributed by atoms with Crippen LogP contribution in [0.4, 0.5) is 22.0 Å². The third-order valence-corrected chi connectivity index (χ3v) is 8.41. The molecule has 5 nitrogen and oxygen atoms in total. The average molecular weight is 634 g/mol. The first-order valence-corrected chi connectivity index (χ1v) is 15.4. The summed E-state index contributed by atoms with van der Waals surface area (Å²) in [5.74, 6) is -1.21. The number of hydrogen-bond donors (Lipinski definition) is 1. The third-order valence-electron chi connectivity index (χ3n) is 6.80. The van der Waals surface area contributed by atoms with Crippen LogP contribution >= 0.6 is 11.6 Å². The van der Waals surface area contributed by atoms with Gasteiger partial charge in [-0.05, 0) is 48.2 Å². The standard InChI is InChI=1S/C30H33ClF5NO4S/c1-29(2,21-8-10-22(32)11-9-21)19-37(18-20-6-4-7-25(28(20)31)30(34,35)36)13-5-15-41-23-16-26(33)24(12-14-38)27(17-23)42(3,39)40/h4,6-11,16-17,38H,5,12-15,18-19H2,1-3H3. The topological polar surface area (TPSA) is 66.8 Å². The maximum absolute atomic E-state index is 14.7. The zero-order valence-corrected chi connectivity index (χ0v) is 25.0. The van der Waals surface area contributed by atoms with E-state index in [2.05, 4.69) is 0 Å². The molecule has 3 aromatic rings. The maximum atomic E-state index is 14.7. The Bertz CT molecular complexity index is 1480. The predicted octanol–water partition coefficient (Wildman–Crippen LogP) is 6.82. The molecule has 0 aliphatic heterocycles. The molecule has 230 valence electrons. The lowest BCUT2D eigenvalue weighted by atomic mass is 9.84. The molecule has 0 aromatic heterocycles. The van der Waals surface area contributed by atoms with E-state index in [4.69, 9.17) is 16.3 Å². The Labute approximate surface area is 247 Å². The van der Waals surface area contributed by atoms with Crippen molar-refractivity contribution < 1.29 is 40.2 Å². The molecule has 0 aliphatic carbocycles. The Hall–Kier alpha value is -2.73. The first-order chi connectivity index (χ1) is 19.5. The van der Waals surface area contributed by atoms with Crippen molar-refractivity contribution in [2.45, 2.75) is 49.7 Å². The molecule has 42 heavy (non-hydrogen) atoms. The number of ether oxygens (including phenoxy) is 1. The summed E-state index contributed by atoms with van der Waals surface area (Å²) < 4.78 is 98.7. The molecule has 0 radical (unpaired) electrons. The van der Waals surface area contributed by atoms with E-state index in [0.717, 1.165) is 24.0 Å². The Morgan fingerprint density at radius 3 is 2.29 bits per heavy atom. The van der Waals surface area contributed by atoms with Gasteiger partial charge in [-0.25, -0.2) is 17.2 Å². The van der Waals surface area contributed by atoms with Crippen LogP contribution in [0.2, 0.25) is 5.02 Å². The lowest BCUT2D eigenvalue weighted by Crippen LogP contribution is -2.38. The fourth-order valence-electron chi connectivity index (χ4n) is 4.76. The molecule has 0 aliphatic rings. The first-order valence-electron chi connectivity index (χ1n) is 13.1. The van der Waals surface area contributed by atoms with Crippen LogP contribution in [0.15, 0.2) is 59.5 Å². The van der Waals surface area contributed by atoms with Gasteiger partial charge in [0.25, 0.3) is 0 Å². The molecule has 0 heterocycles. The highest BCUT2D eigenvalue weighted by molar-refractivity contribution is 7.90. The zero-order chi connectivity index (χ0) is 31.3. The van der Waals surface area contributed by atoms with Gasteiger partial charge < -0.3 is 9.84 Å². The summed E-state index contributed by atoms with van der Waals surface area (Å²) in [6, 6.07) is 12.0. The second-order valence-electron chi connectivity index (χ2n) is 10.7. The van der Waals surface area contributed by atoms with Crippen LogP contribution in [0.3, 0.4) is 0 Å². The number of alkyl halides is 3. The highest BCUT2D eigenvalue weighted by Gasteiger charge is 2.34. The van der Waals surface area contributed by atoms with Crippen molar-refractivity contribution >= 4 is 21.4 Å². The van der Waals surface area contributed by atoms with Gasteiger partial charge in [-0.3, -0.25) is 4.90 Å². The van der Waals surface area contributed by atoms with Crippen LogP contribution in [0, 0.1) is 11.6 Å². The monoisotopic (exact) mass is 633 g/mol. The molecule has 12 heteroatoms. The second kappa shape index (κ2) is 13.7. The van der Waals surface area contributed by atoms with E-state index in [1.807, 2.05) is 18.7 Å². The van der Waals surface area contributed by atoms with Crippen LogP contribution in [-0.2, 0) is 34.4 Å². The fourth-order valence-corrected chi connectivity index (χ4v) is 6.03. The van der Waals surface area contributed by atoms with E-state index >= 15 is 0 Å². The lowest BCUT2D eigenvalue weighted by molar-refractivity contribution is -0.137. The lowest BCUT2D eigenvalue weighted by Gasteiger charge is -2.34. The minimum absolute atomic E-state index is 0.00581. The molecule has 1 N–H and O–H groups in total. The Morgan fingerprint density at radius 1 is 1.02 bits per heavy atom. The van der Waals surface area contributed by atoms with Crippen molar-refractivity contribution in [3.05, 3.63) is 93.5 Å². The average Bonchev–Trinajstić information content (AvgIpc) is 2.88. The van der Waals surface area contributed by atoms with Crippen LogP contribution in [0.25, 0.3) is 0 Å². The number of aliphatic hydroxyl groups is 1. The third kappa shape index (κ3) is 8.89. The van der Waals surface area contributed by atoms with Gasteiger partial charge in [0.15, 0.2) is 9.84 Å². The van der Waals surface area contributed by atoms with Gasteiger partial charge in [0.2, 0.25) is 0 Å². The van der Waals surface area contributed by atoms with Gasteiger partial charge in [0.05, 0.1) is 22.1 Å². The van der Waals surface area contributed by atoms with Crippen molar-refractivity contribution in [3.8, 4) is 5.75 Å². The summed E-state index contributed by atoms with van der Waals surface area (Å²) in [6.07, 6.45) is -3.51. The number of nitrogens with zero attached hydrogens (tertiary/aromatic N) is 1. The van der Waals surface area contributed by atoms with Crippen molar-refractivity contribution in [3.63, 3.8) is 0 Å². The molecule has 0 saturated carbocycles. The smallest absolute Gasteiger partial charge is 0.417 e. The summed E-state index contributed by atoms with van der Waals surface area (Å²) in [6.45, 7) is 4.26. The Balaban J connectivity index is 1.81. The number of hydrogen-bond acceptors (Lipinski definition) is 5. The van der Waals surface area contributed by atoms with Crippen LogP contribution in [0.5, 0.6) is 5.75 Å². The molecule has 0 unspecified atom stereocenters. The molecular formula is C30H33ClF5NO4S. The van der Waals surface area contributed by atoms with E-state index in [9.17, 15) is 35.5 Å². The Morgan fingerprint density at radius 2 is 1.69 bits per heavy atom. The summed E-state index contributed by atoms with van der Waals surface area (Å²) in [7, 11) is -3.80. The Kier molecular flexibility index (Phi) is 11.0. The maximum Gasteiger partial charge on any atom is 0.417 e. The second-order valence-corrected chi connectivity index (χ2v) is 13.1. The SMILES string of the molecule is CC(C)(CN(CCCOc1cc(F)c(CCO)c(S(C)(=O)=O)c1)Cc1cccc(C(F)(F)F)c1Cl)c1ccc(F)cc1. The van der Waals surface area contributed by atoms with Crippen molar-refractivity contribution in [2.75, 3.05) is 32.6 Å². The number of sulfone groups is 1. The normalized spacial score (nSPS) is 12.6. The van der Waals surface area contributed by atoms with Crippen molar-refractivity contribution in [1.29, 1.82) is 0 Å². The van der Waals surface area contributed by atoms with E-state index in [1.54, 1.807) is 12.1 Å². The summed E-state index contributed by atoms with van der Waals surface area (Å²) >= 11 is 6.17. The molecule has 3 aromatic carbocycles. The molecule has 0 saturated heterocycles. The van der Waals surface area contributed by atoms with Gasteiger partial charge >= 0.3 is 6.18 Å². The number of benzene rings is 3. The molecule has 0 bridgehead atoms. The number of aliphatic hydroxyl groups excluding tert-OH is 1. The molecule has 0 atom stereocenters. The van der Waals surface area contributed by atoms with E-state index in [-0.39, 0.29) is 47.2 Å². The minimum Gasteiger partial charge on any atom is -0.493 e.